The van der Waals surface area contributed by atoms with Gasteiger partial charge in [-0.3, -0.25) is 9.59 Å². The molecule has 1 amide bonds. The highest BCUT2D eigenvalue weighted by Gasteiger charge is 2.52. The minimum Gasteiger partial charge on any atom is -0.481 e. The Kier molecular flexibility index (Phi) is 3.48. The van der Waals surface area contributed by atoms with Gasteiger partial charge in [0.1, 0.15) is 0 Å². The van der Waals surface area contributed by atoms with Crippen LogP contribution in [0.5, 0.6) is 0 Å². The van der Waals surface area contributed by atoms with Crippen LogP contribution in [-0.4, -0.2) is 48.7 Å². The van der Waals surface area contributed by atoms with Crippen molar-refractivity contribution in [3.05, 3.63) is 0 Å². The summed E-state index contributed by atoms with van der Waals surface area (Å²) < 4.78 is 5.23. The van der Waals surface area contributed by atoms with E-state index in [1.807, 2.05) is 0 Å². The zero-order valence-corrected chi connectivity index (χ0v) is 12.0. The number of carboxylic acid groups (broad SMARTS) is 1. The van der Waals surface area contributed by atoms with Gasteiger partial charge in [-0.05, 0) is 37.5 Å². The highest BCUT2D eigenvalue weighted by molar-refractivity contribution is 5.85. The third-order valence-corrected chi connectivity index (χ3v) is 5.38. The maximum absolute atomic E-state index is 12.7. The predicted molar refractivity (Wildman–Crippen MR) is 72.1 cm³/mol. The van der Waals surface area contributed by atoms with Gasteiger partial charge in [0.15, 0.2) is 0 Å². The maximum Gasteiger partial charge on any atom is 0.308 e. The first kappa shape index (κ1) is 13.9. The van der Waals surface area contributed by atoms with E-state index in [2.05, 4.69) is 0 Å². The number of rotatable bonds is 5. The number of carbonyl (C=O) groups excluding carboxylic acids is 1. The van der Waals surface area contributed by atoms with Crippen LogP contribution in [0.4, 0.5) is 0 Å². The van der Waals surface area contributed by atoms with E-state index in [0.29, 0.717) is 25.6 Å². The first-order valence-electron chi connectivity index (χ1n) is 7.58. The number of ether oxygens (including phenoxy) is 1. The molecule has 5 heteroatoms. The molecule has 0 spiro atoms. The molecule has 3 fully saturated rings. The Labute approximate surface area is 119 Å². The first-order valence-corrected chi connectivity index (χ1v) is 7.58. The van der Waals surface area contributed by atoms with Crippen molar-refractivity contribution >= 4 is 11.9 Å². The second kappa shape index (κ2) is 5.02. The largest absolute Gasteiger partial charge is 0.481 e. The van der Waals surface area contributed by atoms with Crippen molar-refractivity contribution in [1.29, 1.82) is 0 Å². The molecule has 20 heavy (non-hydrogen) atoms. The van der Waals surface area contributed by atoms with Crippen LogP contribution in [-0.2, 0) is 14.3 Å². The molecule has 1 heterocycles. The third kappa shape index (κ3) is 2.22. The van der Waals surface area contributed by atoms with E-state index in [-0.39, 0.29) is 23.2 Å². The van der Waals surface area contributed by atoms with E-state index in [1.54, 1.807) is 12.0 Å². The average Bonchev–Trinajstić information content (AvgIpc) is 3.11. The number of aliphatic carboxylic acids is 1. The Balaban J connectivity index is 1.71. The lowest BCUT2D eigenvalue weighted by molar-refractivity contribution is -0.151. The Bertz CT molecular complexity index is 414. The van der Waals surface area contributed by atoms with Crippen molar-refractivity contribution < 1.29 is 19.4 Å². The highest BCUT2D eigenvalue weighted by Crippen LogP contribution is 2.47. The molecule has 3 aliphatic rings. The van der Waals surface area contributed by atoms with E-state index in [4.69, 9.17) is 4.74 Å². The van der Waals surface area contributed by atoms with E-state index < -0.39 is 5.97 Å². The number of hydrogen-bond acceptors (Lipinski definition) is 3. The molecular formula is C15H23NO4. The summed E-state index contributed by atoms with van der Waals surface area (Å²) >= 11 is 0. The smallest absolute Gasteiger partial charge is 0.308 e. The topological polar surface area (TPSA) is 66.8 Å². The van der Waals surface area contributed by atoms with Crippen molar-refractivity contribution in [2.24, 2.45) is 23.2 Å². The van der Waals surface area contributed by atoms with Gasteiger partial charge in [0.25, 0.3) is 0 Å². The number of carboxylic acids is 1. The van der Waals surface area contributed by atoms with Gasteiger partial charge in [-0.2, -0.15) is 0 Å². The number of carbonyl (C=O) groups is 2. The van der Waals surface area contributed by atoms with E-state index in [9.17, 15) is 14.7 Å². The summed E-state index contributed by atoms with van der Waals surface area (Å²) in [6, 6.07) is 0. The van der Waals surface area contributed by atoms with E-state index in [0.717, 1.165) is 32.1 Å². The highest BCUT2D eigenvalue weighted by atomic mass is 16.5. The van der Waals surface area contributed by atoms with E-state index in [1.165, 1.54) is 0 Å². The molecule has 1 saturated heterocycles. The molecule has 2 atom stereocenters. The molecule has 2 saturated carbocycles. The van der Waals surface area contributed by atoms with Crippen molar-refractivity contribution in [1.82, 2.24) is 4.90 Å². The van der Waals surface area contributed by atoms with E-state index >= 15 is 0 Å². The molecule has 0 aromatic carbocycles. The van der Waals surface area contributed by atoms with Crippen molar-refractivity contribution in [2.45, 2.75) is 32.1 Å². The monoisotopic (exact) mass is 281 g/mol. The fourth-order valence-electron chi connectivity index (χ4n) is 3.89. The van der Waals surface area contributed by atoms with Crippen LogP contribution in [0.25, 0.3) is 0 Å². The van der Waals surface area contributed by atoms with Crippen LogP contribution < -0.4 is 0 Å². The summed E-state index contributed by atoms with van der Waals surface area (Å²) in [7, 11) is 1.63. The van der Waals surface area contributed by atoms with Gasteiger partial charge in [0.2, 0.25) is 5.91 Å². The van der Waals surface area contributed by atoms with Crippen LogP contribution in [0.1, 0.15) is 32.1 Å². The van der Waals surface area contributed by atoms with Crippen LogP contribution in [0, 0.1) is 23.2 Å². The van der Waals surface area contributed by atoms with Gasteiger partial charge < -0.3 is 14.7 Å². The Morgan fingerprint density at radius 2 is 2.00 bits per heavy atom. The lowest BCUT2D eigenvalue weighted by atomic mass is 9.68. The van der Waals surface area contributed by atoms with Gasteiger partial charge in [0, 0.05) is 20.2 Å². The molecule has 5 nitrogen and oxygen atoms in total. The molecule has 0 radical (unpaired) electrons. The third-order valence-electron chi connectivity index (χ3n) is 5.38. The standard InChI is InChI=1S/C15H23NO4/c1-20-9-15(5-2-6-15)14(19)16-7-11(10-3-4-10)12(8-16)13(17)18/h10-12H,2-9H2,1H3,(H,17,18)/t11-,12+/m0/s1. The molecule has 0 bridgehead atoms. The number of methoxy groups -OCH3 is 1. The fourth-order valence-corrected chi connectivity index (χ4v) is 3.89. The van der Waals surface area contributed by atoms with Gasteiger partial charge in [-0.15, -0.1) is 0 Å². The summed E-state index contributed by atoms with van der Waals surface area (Å²) in [5.74, 6) is -0.303. The first-order chi connectivity index (χ1) is 9.57. The quantitative estimate of drug-likeness (QED) is 0.826. The Hall–Kier alpha value is -1.10. The van der Waals surface area contributed by atoms with Crippen LogP contribution in [0.3, 0.4) is 0 Å². The minimum atomic E-state index is -0.744. The molecule has 0 aromatic rings. The second-order valence-electron chi connectivity index (χ2n) is 6.72. The molecule has 1 aliphatic heterocycles. The zero-order valence-electron chi connectivity index (χ0n) is 12.0. The molecule has 3 rings (SSSR count). The molecular weight excluding hydrogens is 258 g/mol. The SMILES string of the molecule is COCC1(C(=O)N2C[C@@H](C(=O)O)[C@H](C3CC3)C2)CCC1. The minimum absolute atomic E-state index is 0.125. The summed E-state index contributed by atoms with van der Waals surface area (Å²) in [5.41, 5.74) is -0.365. The zero-order chi connectivity index (χ0) is 14.3. The molecule has 0 unspecified atom stereocenters. The number of hydrogen-bond donors (Lipinski definition) is 1. The second-order valence-corrected chi connectivity index (χ2v) is 6.72. The van der Waals surface area contributed by atoms with Crippen molar-refractivity contribution in [3.8, 4) is 0 Å². The van der Waals surface area contributed by atoms with Crippen molar-refractivity contribution in [2.75, 3.05) is 26.8 Å². The van der Waals surface area contributed by atoms with Crippen LogP contribution >= 0.6 is 0 Å². The molecule has 0 aromatic heterocycles. The predicted octanol–water partition coefficient (Wildman–Crippen LogP) is 1.37. The summed E-state index contributed by atoms with van der Waals surface area (Å²) in [6.07, 6.45) is 5.07. The average molecular weight is 281 g/mol. The lowest BCUT2D eigenvalue weighted by Gasteiger charge is -2.42. The maximum atomic E-state index is 12.7. The number of likely N-dealkylation sites (tertiary alicyclic amines) is 1. The van der Waals surface area contributed by atoms with Gasteiger partial charge in [-0.1, -0.05) is 6.42 Å². The van der Waals surface area contributed by atoms with Crippen LogP contribution in [0.2, 0.25) is 0 Å². The van der Waals surface area contributed by atoms with Crippen molar-refractivity contribution in [3.63, 3.8) is 0 Å². The van der Waals surface area contributed by atoms with Crippen LogP contribution in [0.15, 0.2) is 0 Å². The molecule has 112 valence electrons. The van der Waals surface area contributed by atoms with Gasteiger partial charge >= 0.3 is 5.97 Å². The summed E-state index contributed by atoms with van der Waals surface area (Å²) in [6.45, 7) is 1.49. The summed E-state index contributed by atoms with van der Waals surface area (Å²) in [5, 5.41) is 9.37. The molecule has 2 aliphatic carbocycles. The summed E-state index contributed by atoms with van der Waals surface area (Å²) in [4.78, 5) is 26.0. The van der Waals surface area contributed by atoms with Gasteiger partial charge in [0.05, 0.1) is 17.9 Å². The Morgan fingerprint density at radius 1 is 1.30 bits per heavy atom. The Morgan fingerprint density at radius 3 is 2.45 bits per heavy atom. The number of amides is 1. The lowest BCUT2D eigenvalue weighted by Crippen LogP contribution is -2.50. The fraction of sp³-hybridized carbons (Fsp3) is 0.867. The normalized spacial score (nSPS) is 31.9. The molecule has 1 N–H and O–H groups in total. The van der Waals surface area contributed by atoms with Gasteiger partial charge in [-0.25, -0.2) is 0 Å². The number of nitrogens with zero attached hydrogens (tertiary/aromatic N) is 1.